The summed E-state index contributed by atoms with van der Waals surface area (Å²) in [5, 5.41) is 2.68. The van der Waals surface area contributed by atoms with Gasteiger partial charge in [-0.15, -0.1) is 0 Å². The summed E-state index contributed by atoms with van der Waals surface area (Å²) in [6, 6.07) is 0. The number of hydrogen-bond donors (Lipinski definition) is 1. The monoisotopic (exact) mass is 334 g/mol. The number of nitrogens with one attached hydrogen (secondary N) is 1. The van der Waals surface area contributed by atoms with Gasteiger partial charge in [0.1, 0.15) is 5.60 Å². The Morgan fingerprint density at radius 2 is 1.95 bits per heavy atom. The van der Waals surface area contributed by atoms with E-state index in [1.165, 1.54) is 0 Å². The maximum atomic E-state index is 11.4. The maximum Gasteiger partial charge on any atom is 0.407 e. The minimum atomic E-state index is -0.480. The molecule has 0 saturated carbocycles. The summed E-state index contributed by atoms with van der Waals surface area (Å²) in [7, 11) is 3.25. The Morgan fingerprint density at radius 1 is 1.29 bits per heavy atom. The van der Waals surface area contributed by atoms with E-state index < -0.39 is 11.7 Å². The Morgan fingerprint density at radius 3 is 2.52 bits per heavy atom. The van der Waals surface area contributed by atoms with Gasteiger partial charge in [0, 0.05) is 24.6 Å². The van der Waals surface area contributed by atoms with Crippen LogP contribution in [0, 0.1) is 0 Å². The first-order valence-corrected chi connectivity index (χ1v) is 9.27. The van der Waals surface area contributed by atoms with Crippen molar-refractivity contribution in [3.63, 3.8) is 0 Å². The highest BCUT2D eigenvalue weighted by atomic mass is 33.1. The summed E-state index contributed by atoms with van der Waals surface area (Å²) in [6.07, 6.45) is -0.355. The molecule has 0 aromatic rings. The predicted octanol–water partition coefficient (Wildman–Crippen LogP) is 1.69. The van der Waals surface area contributed by atoms with Crippen LogP contribution in [0.1, 0.15) is 27.2 Å². The van der Waals surface area contributed by atoms with Gasteiger partial charge in [0.05, 0.1) is 13.0 Å². The zero-order valence-corrected chi connectivity index (χ0v) is 14.3. The van der Waals surface area contributed by atoms with E-state index in [9.17, 15) is 14.4 Å². The SMILES string of the molecule is CC(C)(C)OC(=O)NCCSSCCN1CC(=O)CC1=O. The van der Waals surface area contributed by atoms with Crippen LogP contribution >= 0.6 is 21.6 Å². The number of hydrogen-bond acceptors (Lipinski definition) is 6. The van der Waals surface area contributed by atoms with Gasteiger partial charge in [-0.2, -0.15) is 0 Å². The molecule has 2 amide bonds. The van der Waals surface area contributed by atoms with E-state index in [0.717, 1.165) is 11.5 Å². The minimum absolute atomic E-state index is 0.000728. The Balaban J connectivity index is 1.97. The molecule has 0 aromatic heterocycles. The summed E-state index contributed by atoms with van der Waals surface area (Å²) < 4.78 is 5.11. The average Bonchev–Trinajstić information content (AvgIpc) is 2.64. The van der Waals surface area contributed by atoms with Crippen molar-refractivity contribution >= 4 is 39.4 Å². The molecule has 0 aliphatic carbocycles. The number of nitrogens with zero attached hydrogens (tertiary/aromatic N) is 1. The fourth-order valence-corrected chi connectivity index (χ4v) is 3.51. The highest BCUT2D eigenvalue weighted by molar-refractivity contribution is 8.76. The van der Waals surface area contributed by atoms with Gasteiger partial charge in [0.15, 0.2) is 5.78 Å². The number of carbonyl (C=O) groups excluding carboxylic acids is 3. The first-order valence-electron chi connectivity index (χ1n) is 6.78. The smallest absolute Gasteiger partial charge is 0.407 e. The Bertz CT molecular complexity index is 396. The van der Waals surface area contributed by atoms with Gasteiger partial charge in [-0.1, -0.05) is 21.6 Å². The van der Waals surface area contributed by atoms with E-state index in [0.29, 0.717) is 13.1 Å². The van der Waals surface area contributed by atoms with E-state index in [-0.39, 0.29) is 24.7 Å². The number of Topliss-reactive ketones (excluding diaryl/α,β-unsaturated/α-hetero) is 1. The molecular weight excluding hydrogens is 312 g/mol. The van der Waals surface area contributed by atoms with E-state index in [4.69, 9.17) is 4.74 Å². The van der Waals surface area contributed by atoms with E-state index in [1.807, 2.05) is 20.8 Å². The fraction of sp³-hybridized carbons (Fsp3) is 0.769. The summed E-state index contributed by atoms with van der Waals surface area (Å²) >= 11 is 0. The third-order valence-electron chi connectivity index (χ3n) is 2.45. The second-order valence-corrected chi connectivity index (χ2v) is 8.31. The van der Waals surface area contributed by atoms with Crippen molar-refractivity contribution in [2.24, 2.45) is 0 Å². The number of ether oxygens (including phenoxy) is 1. The summed E-state index contributed by atoms with van der Waals surface area (Å²) in [6.45, 7) is 6.85. The second-order valence-electron chi connectivity index (χ2n) is 5.60. The Labute approximate surface area is 133 Å². The number of amides is 2. The van der Waals surface area contributed by atoms with Crippen molar-refractivity contribution in [3.8, 4) is 0 Å². The number of carbonyl (C=O) groups is 3. The fourth-order valence-electron chi connectivity index (χ4n) is 1.62. The van der Waals surface area contributed by atoms with Crippen LogP contribution in [0.3, 0.4) is 0 Å². The molecule has 1 aliphatic rings. The van der Waals surface area contributed by atoms with Crippen LogP contribution in [0.4, 0.5) is 4.79 Å². The van der Waals surface area contributed by atoms with Crippen LogP contribution in [-0.4, -0.2) is 59.4 Å². The van der Waals surface area contributed by atoms with Gasteiger partial charge in [-0.25, -0.2) is 4.79 Å². The molecule has 1 heterocycles. The summed E-state index contributed by atoms with van der Waals surface area (Å²) in [4.78, 5) is 35.4. The van der Waals surface area contributed by atoms with Gasteiger partial charge in [-0.3, -0.25) is 9.59 Å². The van der Waals surface area contributed by atoms with E-state index >= 15 is 0 Å². The third-order valence-corrected chi connectivity index (χ3v) is 4.84. The van der Waals surface area contributed by atoms with Gasteiger partial charge >= 0.3 is 6.09 Å². The lowest BCUT2D eigenvalue weighted by Crippen LogP contribution is -2.33. The molecule has 1 fully saturated rings. The third kappa shape index (κ3) is 8.21. The molecule has 0 unspecified atom stereocenters. The first kappa shape index (κ1) is 18.2. The Kier molecular flexibility index (Phi) is 7.37. The number of ketones is 1. The van der Waals surface area contributed by atoms with Crippen molar-refractivity contribution in [3.05, 3.63) is 0 Å². The van der Waals surface area contributed by atoms with Crippen LogP contribution < -0.4 is 5.32 Å². The van der Waals surface area contributed by atoms with Gasteiger partial charge in [0.25, 0.3) is 0 Å². The van der Waals surface area contributed by atoms with E-state index in [1.54, 1.807) is 26.5 Å². The van der Waals surface area contributed by atoms with Crippen molar-refractivity contribution < 1.29 is 19.1 Å². The molecule has 1 saturated heterocycles. The molecule has 1 rings (SSSR count). The molecule has 0 bridgehead atoms. The molecule has 1 aliphatic heterocycles. The molecule has 21 heavy (non-hydrogen) atoms. The largest absolute Gasteiger partial charge is 0.444 e. The molecule has 120 valence electrons. The van der Waals surface area contributed by atoms with Crippen LogP contribution in [0.15, 0.2) is 0 Å². The highest BCUT2D eigenvalue weighted by Gasteiger charge is 2.26. The number of likely N-dealkylation sites (tertiary alicyclic amines) is 1. The molecule has 6 nitrogen and oxygen atoms in total. The van der Waals surface area contributed by atoms with Crippen LogP contribution in [0.2, 0.25) is 0 Å². The lowest BCUT2D eigenvalue weighted by molar-refractivity contribution is -0.127. The van der Waals surface area contributed by atoms with Crippen molar-refractivity contribution in [2.45, 2.75) is 32.8 Å². The van der Waals surface area contributed by atoms with Gasteiger partial charge in [0.2, 0.25) is 5.91 Å². The molecule has 0 radical (unpaired) electrons. The topological polar surface area (TPSA) is 75.7 Å². The van der Waals surface area contributed by atoms with Crippen LogP contribution in [0.25, 0.3) is 0 Å². The molecule has 8 heteroatoms. The maximum absolute atomic E-state index is 11.4. The minimum Gasteiger partial charge on any atom is -0.444 e. The zero-order valence-electron chi connectivity index (χ0n) is 12.6. The number of alkyl carbamates (subject to hydrolysis) is 1. The normalized spacial score (nSPS) is 15.5. The molecular formula is C13H22N2O4S2. The number of rotatable bonds is 7. The van der Waals surface area contributed by atoms with Crippen molar-refractivity contribution in [1.29, 1.82) is 0 Å². The van der Waals surface area contributed by atoms with E-state index in [2.05, 4.69) is 5.32 Å². The highest BCUT2D eigenvalue weighted by Crippen LogP contribution is 2.21. The Hall–Kier alpha value is -0.890. The molecule has 0 aromatic carbocycles. The predicted molar refractivity (Wildman–Crippen MR) is 85.4 cm³/mol. The summed E-state index contributed by atoms with van der Waals surface area (Å²) in [5.74, 6) is 1.46. The van der Waals surface area contributed by atoms with Crippen molar-refractivity contribution in [2.75, 3.05) is 31.1 Å². The van der Waals surface area contributed by atoms with Gasteiger partial charge in [-0.05, 0) is 20.8 Å². The first-order chi connectivity index (χ1) is 9.78. The molecule has 0 atom stereocenters. The summed E-state index contributed by atoms with van der Waals surface area (Å²) in [5.41, 5.74) is -0.480. The van der Waals surface area contributed by atoms with Crippen LogP contribution in [-0.2, 0) is 14.3 Å². The quantitative estimate of drug-likeness (QED) is 0.434. The zero-order chi connectivity index (χ0) is 15.9. The molecule has 1 N–H and O–H groups in total. The molecule has 0 spiro atoms. The standard InChI is InChI=1S/C13H22N2O4S2/c1-13(2,3)19-12(18)14-4-6-20-21-7-5-15-9-10(16)8-11(15)17/h4-9H2,1-3H3,(H,14,18). The lowest BCUT2D eigenvalue weighted by atomic mass is 10.2. The van der Waals surface area contributed by atoms with Gasteiger partial charge < -0.3 is 15.0 Å². The average molecular weight is 334 g/mol. The lowest BCUT2D eigenvalue weighted by Gasteiger charge is -2.19. The van der Waals surface area contributed by atoms with Crippen molar-refractivity contribution in [1.82, 2.24) is 10.2 Å². The van der Waals surface area contributed by atoms with Crippen LogP contribution in [0.5, 0.6) is 0 Å². The second kappa shape index (κ2) is 8.53.